The molecule has 28 heavy (non-hydrogen) atoms. The van der Waals surface area contributed by atoms with Gasteiger partial charge in [-0.05, 0) is 55.2 Å². The average Bonchev–Trinajstić information content (AvgIpc) is 3.17. The van der Waals surface area contributed by atoms with Crippen LogP contribution in [0, 0.1) is 5.92 Å². The topological polar surface area (TPSA) is 66.5 Å². The fraction of sp³-hybridized carbons (Fsp3) is 0.333. The summed E-state index contributed by atoms with van der Waals surface area (Å²) < 4.78 is 6.36. The number of ether oxygens (including phenoxy) is 1. The number of thiazole rings is 1. The smallest absolute Gasteiger partial charge is 0.319 e. The first-order valence-corrected chi connectivity index (χ1v) is 10.3. The van der Waals surface area contributed by atoms with E-state index in [0.717, 1.165) is 48.0 Å². The molecule has 0 radical (unpaired) electrons. The van der Waals surface area contributed by atoms with Crippen LogP contribution in [0.5, 0.6) is 5.75 Å². The van der Waals surface area contributed by atoms with Crippen LogP contribution in [0.4, 0.5) is 15.6 Å². The monoisotopic (exact) mass is 396 g/mol. The zero-order valence-corrected chi connectivity index (χ0v) is 16.7. The lowest BCUT2D eigenvalue weighted by Gasteiger charge is -2.31. The molecule has 0 bridgehead atoms. The van der Waals surface area contributed by atoms with Crippen LogP contribution in [0.2, 0.25) is 0 Å². The molecule has 2 heterocycles. The lowest BCUT2D eigenvalue weighted by Crippen LogP contribution is -2.39. The van der Waals surface area contributed by atoms with Gasteiger partial charge in [-0.25, -0.2) is 9.78 Å². The lowest BCUT2D eigenvalue weighted by atomic mass is 9.97. The number of para-hydroxylation sites is 1. The predicted octanol–water partition coefficient (Wildman–Crippen LogP) is 4.34. The van der Waals surface area contributed by atoms with Crippen LogP contribution < -0.4 is 20.3 Å². The van der Waals surface area contributed by atoms with Gasteiger partial charge in [0.05, 0.1) is 17.3 Å². The van der Waals surface area contributed by atoms with E-state index in [9.17, 15) is 4.79 Å². The van der Waals surface area contributed by atoms with Crippen molar-refractivity contribution in [3.63, 3.8) is 0 Å². The van der Waals surface area contributed by atoms with Crippen molar-refractivity contribution in [3.8, 4) is 5.75 Å². The van der Waals surface area contributed by atoms with E-state index in [4.69, 9.17) is 9.72 Å². The Bertz CT molecular complexity index is 900. The second-order valence-corrected chi connectivity index (χ2v) is 7.97. The minimum Gasteiger partial charge on any atom is -0.497 e. The highest BCUT2D eigenvalue weighted by molar-refractivity contribution is 7.22. The molecule has 0 saturated carbocycles. The van der Waals surface area contributed by atoms with Crippen molar-refractivity contribution in [2.75, 3.05) is 37.0 Å². The molecule has 2 aromatic carbocycles. The maximum atomic E-state index is 12.1. The van der Waals surface area contributed by atoms with E-state index < -0.39 is 0 Å². The minimum atomic E-state index is -0.168. The summed E-state index contributed by atoms with van der Waals surface area (Å²) in [4.78, 5) is 19.2. The van der Waals surface area contributed by atoms with Gasteiger partial charge in [-0.2, -0.15) is 0 Å². The number of hydrogen-bond acceptors (Lipinski definition) is 5. The summed E-state index contributed by atoms with van der Waals surface area (Å²) in [5, 5.41) is 6.95. The standard InChI is InChI=1S/C21H24N4O2S/c1-27-17-8-6-16(7-9-17)23-20(26)22-14-15-10-12-25(13-11-15)21-24-18-4-2-3-5-19(18)28-21/h2-9,15H,10-14H2,1H3,(H2,22,23,26). The van der Waals surface area contributed by atoms with Crippen molar-refractivity contribution < 1.29 is 9.53 Å². The molecule has 0 aliphatic carbocycles. The van der Waals surface area contributed by atoms with Gasteiger partial charge in [0.15, 0.2) is 5.13 Å². The number of carbonyl (C=O) groups excluding carboxylic acids is 1. The van der Waals surface area contributed by atoms with Gasteiger partial charge in [-0.15, -0.1) is 0 Å². The number of anilines is 2. The number of rotatable bonds is 5. The Balaban J connectivity index is 1.23. The van der Waals surface area contributed by atoms with Crippen LogP contribution in [0.3, 0.4) is 0 Å². The summed E-state index contributed by atoms with van der Waals surface area (Å²) in [5.41, 5.74) is 1.82. The Kier molecular flexibility index (Phi) is 5.62. The second-order valence-electron chi connectivity index (χ2n) is 6.96. The van der Waals surface area contributed by atoms with Crippen molar-refractivity contribution in [3.05, 3.63) is 48.5 Å². The molecule has 6 nitrogen and oxygen atoms in total. The van der Waals surface area contributed by atoms with Gasteiger partial charge >= 0.3 is 6.03 Å². The number of piperidine rings is 1. The van der Waals surface area contributed by atoms with Gasteiger partial charge < -0.3 is 20.3 Å². The predicted molar refractivity (Wildman–Crippen MR) is 115 cm³/mol. The number of benzene rings is 2. The molecule has 1 saturated heterocycles. The van der Waals surface area contributed by atoms with Crippen molar-refractivity contribution in [2.24, 2.45) is 5.92 Å². The van der Waals surface area contributed by atoms with Gasteiger partial charge in [-0.1, -0.05) is 23.5 Å². The normalized spacial score (nSPS) is 14.8. The van der Waals surface area contributed by atoms with Crippen LogP contribution in [-0.2, 0) is 0 Å². The van der Waals surface area contributed by atoms with Crippen molar-refractivity contribution >= 4 is 38.4 Å². The summed E-state index contributed by atoms with van der Waals surface area (Å²) in [6.45, 7) is 2.65. The molecular formula is C21H24N4O2S. The van der Waals surface area contributed by atoms with E-state index in [0.29, 0.717) is 12.5 Å². The van der Waals surface area contributed by atoms with Crippen LogP contribution in [0.15, 0.2) is 48.5 Å². The number of amides is 2. The average molecular weight is 397 g/mol. The molecule has 1 aliphatic rings. The Labute approximate surface area is 168 Å². The highest BCUT2D eigenvalue weighted by Crippen LogP contribution is 2.31. The van der Waals surface area contributed by atoms with E-state index in [2.05, 4.69) is 33.7 Å². The fourth-order valence-corrected chi connectivity index (χ4v) is 4.43. The molecule has 1 fully saturated rings. The molecule has 4 rings (SSSR count). The number of methoxy groups -OCH3 is 1. The Morgan fingerprint density at radius 2 is 1.93 bits per heavy atom. The molecule has 0 atom stereocenters. The van der Waals surface area contributed by atoms with E-state index in [1.807, 2.05) is 30.3 Å². The number of carbonyl (C=O) groups is 1. The quantitative estimate of drug-likeness (QED) is 0.673. The number of aromatic nitrogens is 1. The molecule has 0 unspecified atom stereocenters. The van der Waals surface area contributed by atoms with E-state index in [-0.39, 0.29) is 6.03 Å². The van der Waals surface area contributed by atoms with Crippen molar-refractivity contribution in [2.45, 2.75) is 12.8 Å². The molecule has 3 aromatic rings. The van der Waals surface area contributed by atoms with Crippen molar-refractivity contribution in [1.82, 2.24) is 10.3 Å². The third kappa shape index (κ3) is 4.36. The minimum absolute atomic E-state index is 0.168. The summed E-state index contributed by atoms with van der Waals surface area (Å²) in [7, 11) is 1.62. The molecule has 7 heteroatoms. The molecule has 2 N–H and O–H groups in total. The summed E-state index contributed by atoms with van der Waals surface area (Å²) in [6.07, 6.45) is 2.11. The maximum absolute atomic E-state index is 12.1. The Hall–Kier alpha value is -2.80. The van der Waals surface area contributed by atoms with E-state index in [1.165, 1.54) is 4.70 Å². The van der Waals surface area contributed by atoms with Crippen LogP contribution >= 0.6 is 11.3 Å². The summed E-state index contributed by atoms with van der Waals surface area (Å²) in [5.74, 6) is 1.26. The third-order valence-electron chi connectivity index (χ3n) is 5.07. The number of fused-ring (bicyclic) bond motifs is 1. The lowest BCUT2D eigenvalue weighted by molar-refractivity contribution is 0.248. The second kappa shape index (κ2) is 8.48. The van der Waals surface area contributed by atoms with Crippen molar-refractivity contribution in [1.29, 1.82) is 0 Å². The number of nitrogens with one attached hydrogen (secondary N) is 2. The maximum Gasteiger partial charge on any atom is 0.319 e. The Morgan fingerprint density at radius 1 is 1.18 bits per heavy atom. The van der Waals surface area contributed by atoms with E-state index in [1.54, 1.807) is 18.4 Å². The molecule has 1 aliphatic heterocycles. The molecular weight excluding hydrogens is 372 g/mol. The van der Waals surface area contributed by atoms with Crippen LogP contribution in [0.1, 0.15) is 12.8 Å². The van der Waals surface area contributed by atoms with Gasteiger partial charge in [0, 0.05) is 25.3 Å². The van der Waals surface area contributed by atoms with Crippen LogP contribution in [-0.4, -0.2) is 37.8 Å². The third-order valence-corrected chi connectivity index (χ3v) is 6.16. The SMILES string of the molecule is COc1ccc(NC(=O)NCC2CCN(c3nc4ccccc4s3)CC2)cc1. The Morgan fingerprint density at radius 3 is 2.64 bits per heavy atom. The van der Waals surface area contributed by atoms with Gasteiger partial charge in [0.25, 0.3) is 0 Å². The van der Waals surface area contributed by atoms with Gasteiger partial charge in [0.1, 0.15) is 5.75 Å². The zero-order valence-electron chi connectivity index (χ0n) is 15.9. The highest BCUT2D eigenvalue weighted by Gasteiger charge is 2.22. The summed E-state index contributed by atoms with van der Waals surface area (Å²) in [6, 6.07) is 15.4. The molecule has 1 aromatic heterocycles. The number of hydrogen-bond donors (Lipinski definition) is 2. The van der Waals surface area contributed by atoms with Gasteiger partial charge in [-0.3, -0.25) is 0 Å². The largest absolute Gasteiger partial charge is 0.497 e. The number of nitrogens with zero attached hydrogens (tertiary/aromatic N) is 2. The fourth-order valence-electron chi connectivity index (χ4n) is 3.41. The molecule has 146 valence electrons. The first kappa shape index (κ1) is 18.6. The van der Waals surface area contributed by atoms with Gasteiger partial charge in [0.2, 0.25) is 0 Å². The molecule has 0 spiro atoms. The summed E-state index contributed by atoms with van der Waals surface area (Å²) >= 11 is 1.75. The van der Waals surface area contributed by atoms with Crippen LogP contribution in [0.25, 0.3) is 10.2 Å². The molecule has 2 amide bonds. The number of urea groups is 1. The zero-order chi connectivity index (χ0) is 19.3. The van der Waals surface area contributed by atoms with E-state index >= 15 is 0 Å². The highest BCUT2D eigenvalue weighted by atomic mass is 32.1. The first-order valence-electron chi connectivity index (χ1n) is 9.51. The first-order chi connectivity index (χ1) is 13.7.